The Morgan fingerprint density at radius 2 is 2.17 bits per heavy atom. The first kappa shape index (κ1) is 26.0. The van der Waals surface area contributed by atoms with Crippen molar-refractivity contribution >= 4 is 39.8 Å². The number of benzene rings is 1. The number of aromatic nitrogens is 2. The van der Waals surface area contributed by atoms with E-state index in [1.165, 1.54) is 25.3 Å². The average Bonchev–Trinajstić information content (AvgIpc) is 3.51. The van der Waals surface area contributed by atoms with Gasteiger partial charge in [0.05, 0.1) is 46.0 Å². The number of hydrogen-bond acceptors (Lipinski definition) is 10. The maximum atomic E-state index is 13.2. The molecule has 192 valence electrons. The number of thiazole rings is 1. The zero-order valence-electron chi connectivity index (χ0n) is 20.6. The molecule has 2 aromatic heterocycles. The van der Waals surface area contributed by atoms with E-state index in [0.717, 1.165) is 27.9 Å². The number of nitrogens with one attached hydrogen (secondary N) is 1. The summed E-state index contributed by atoms with van der Waals surface area (Å²) >= 11 is 3.18. The SMILES string of the molecule is COc1cc([N+](=O)[O-])ccc1C(=O)N1CCCC(Nc2ncc(SCc3ncc(C(C)(C)C)o3)s2)C1. The summed E-state index contributed by atoms with van der Waals surface area (Å²) in [6.07, 6.45) is 5.37. The number of oxazole rings is 1. The number of carbonyl (C=O) groups excluding carboxylic acids is 1. The van der Waals surface area contributed by atoms with Crippen LogP contribution in [0.4, 0.5) is 10.8 Å². The Morgan fingerprint density at radius 3 is 2.86 bits per heavy atom. The lowest BCUT2D eigenvalue weighted by atomic mass is 9.94. The summed E-state index contributed by atoms with van der Waals surface area (Å²) in [5.74, 6) is 2.18. The monoisotopic (exact) mass is 531 g/mol. The van der Waals surface area contributed by atoms with Crippen molar-refractivity contribution in [3.05, 3.63) is 57.9 Å². The van der Waals surface area contributed by atoms with Crippen molar-refractivity contribution in [1.82, 2.24) is 14.9 Å². The van der Waals surface area contributed by atoms with Gasteiger partial charge in [-0.25, -0.2) is 9.97 Å². The molecule has 0 radical (unpaired) electrons. The van der Waals surface area contributed by atoms with E-state index in [1.54, 1.807) is 34.2 Å². The van der Waals surface area contributed by atoms with Gasteiger partial charge in [-0.1, -0.05) is 32.1 Å². The average molecular weight is 532 g/mol. The van der Waals surface area contributed by atoms with Gasteiger partial charge in [0.2, 0.25) is 5.89 Å². The quantitative estimate of drug-likeness (QED) is 0.232. The van der Waals surface area contributed by atoms with Gasteiger partial charge in [-0.05, 0) is 18.9 Å². The Labute approximate surface area is 217 Å². The van der Waals surface area contributed by atoms with Gasteiger partial charge in [-0.3, -0.25) is 14.9 Å². The lowest BCUT2D eigenvalue weighted by molar-refractivity contribution is -0.384. The minimum atomic E-state index is -0.507. The van der Waals surface area contributed by atoms with E-state index in [2.05, 4.69) is 36.1 Å². The normalized spacial score (nSPS) is 16.1. The van der Waals surface area contributed by atoms with Crippen LogP contribution in [0, 0.1) is 10.1 Å². The number of carbonyl (C=O) groups is 1. The number of nitro groups is 1. The first-order valence-electron chi connectivity index (χ1n) is 11.6. The van der Waals surface area contributed by atoms with Crippen molar-refractivity contribution in [3.8, 4) is 5.75 Å². The standard InChI is InChI=1S/C24H29N5O5S2/c1-24(2,3)19-11-25-20(34-19)14-35-21-12-26-23(36-21)27-15-6-5-9-28(13-15)22(30)17-8-7-16(29(31)32)10-18(17)33-4/h7-8,10-12,15H,5-6,9,13-14H2,1-4H3,(H,26,27). The summed E-state index contributed by atoms with van der Waals surface area (Å²) in [6.45, 7) is 7.39. The summed E-state index contributed by atoms with van der Waals surface area (Å²) in [5, 5.41) is 15.3. The van der Waals surface area contributed by atoms with Crippen LogP contribution in [0.1, 0.15) is 55.6 Å². The van der Waals surface area contributed by atoms with E-state index in [0.29, 0.717) is 30.3 Å². The van der Waals surface area contributed by atoms with E-state index in [9.17, 15) is 14.9 Å². The second kappa shape index (κ2) is 10.9. The number of methoxy groups -OCH3 is 1. The lowest BCUT2D eigenvalue weighted by Gasteiger charge is -2.33. The summed E-state index contributed by atoms with van der Waals surface area (Å²) in [6, 6.07) is 4.12. The zero-order chi connectivity index (χ0) is 25.9. The predicted molar refractivity (Wildman–Crippen MR) is 139 cm³/mol. The number of amides is 1. The fourth-order valence-corrected chi connectivity index (χ4v) is 5.65. The third-order valence-corrected chi connectivity index (χ3v) is 7.89. The smallest absolute Gasteiger partial charge is 0.273 e. The summed E-state index contributed by atoms with van der Waals surface area (Å²) in [5.41, 5.74) is 0.130. The molecule has 1 atom stereocenters. The predicted octanol–water partition coefficient (Wildman–Crippen LogP) is 5.35. The highest BCUT2D eigenvalue weighted by Gasteiger charge is 2.28. The molecule has 1 N–H and O–H groups in total. The summed E-state index contributed by atoms with van der Waals surface area (Å²) in [7, 11) is 1.40. The van der Waals surface area contributed by atoms with Gasteiger partial charge < -0.3 is 19.4 Å². The molecule has 10 nitrogen and oxygen atoms in total. The van der Waals surface area contributed by atoms with Gasteiger partial charge in [-0.2, -0.15) is 0 Å². The van der Waals surface area contributed by atoms with Crippen LogP contribution < -0.4 is 10.1 Å². The first-order valence-corrected chi connectivity index (χ1v) is 13.4. The van der Waals surface area contributed by atoms with Crippen LogP contribution in [0.2, 0.25) is 0 Å². The van der Waals surface area contributed by atoms with Crippen molar-refractivity contribution in [2.75, 3.05) is 25.5 Å². The van der Waals surface area contributed by atoms with Gasteiger partial charge in [0, 0.05) is 30.6 Å². The first-order chi connectivity index (χ1) is 17.1. The molecule has 1 aliphatic heterocycles. The molecule has 1 aromatic carbocycles. The van der Waals surface area contributed by atoms with Crippen molar-refractivity contribution in [2.45, 2.75) is 55.0 Å². The van der Waals surface area contributed by atoms with Crippen LogP contribution in [0.25, 0.3) is 0 Å². The van der Waals surface area contributed by atoms with Crippen molar-refractivity contribution in [3.63, 3.8) is 0 Å². The molecule has 12 heteroatoms. The van der Waals surface area contributed by atoms with E-state index in [1.807, 2.05) is 6.20 Å². The number of nitro benzene ring substituents is 1. The Hall–Kier alpha value is -3.12. The number of likely N-dealkylation sites (tertiary alicyclic amines) is 1. The van der Waals surface area contributed by atoms with E-state index >= 15 is 0 Å². The molecular weight excluding hydrogens is 502 g/mol. The van der Waals surface area contributed by atoms with Gasteiger partial charge in [0.25, 0.3) is 11.6 Å². The van der Waals surface area contributed by atoms with Crippen LogP contribution in [0.5, 0.6) is 5.75 Å². The maximum Gasteiger partial charge on any atom is 0.273 e. The van der Waals surface area contributed by atoms with Crippen molar-refractivity contribution < 1.29 is 18.9 Å². The highest BCUT2D eigenvalue weighted by Crippen LogP contribution is 2.33. The number of piperidine rings is 1. The second-order valence-corrected chi connectivity index (χ2v) is 11.8. The van der Waals surface area contributed by atoms with Gasteiger partial charge >= 0.3 is 0 Å². The molecule has 1 aliphatic rings. The molecule has 1 saturated heterocycles. The zero-order valence-corrected chi connectivity index (χ0v) is 22.3. The minimum Gasteiger partial charge on any atom is -0.496 e. The number of rotatable bonds is 8. The number of hydrogen-bond donors (Lipinski definition) is 1. The van der Waals surface area contributed by atoms with Crippen LogP contribution in [-0.2, 0) is 11.2 Å². The van der Waals surface area contributed by atoms with E-state index in [4.69, 9.17) is 9.15 Å². The third-order valence-electron chi connectivity index (χ3n) is 5.78. The van der Waals surface area contributed by atoms with Crippen LogP contribution >= 0.6 is 23.1 Å². The number of nitrogens with zero attached hydrogens (tertiary/aromatic N) is 4. The van der Waals surface area contributed by atoms with Crippen LogP contribution in [0.3, 0.4) is 0 Å². The Balaban J connectivity index is 1.34. The molecule has 1 amide bonds. The molecular formula is C24H29N5O5S2. The molecule has 4 rings (SSSR count). The second-order valence-electron chi connectivity index (χ2n) is 9.52. The Bertz CT molecular complexity index is 1240. The van der Waals surface area contributed by atoms with Crippen LogP contribution in [0.15, 0.2) is 39.2 Å². The van der Waals surface area contributed by atoms with Gasteiger partial charge in [0.15, 0.2) is 5.13 Å². The molecule has 3 aromatic rings. The molecule has 0 bridgehead atoms. The highest BCUT2D eigenvalue weighted by atomic mass is 32.2. The number of non-ortho nitro benzene ring substituents is 1. The lowest BCUT2D eigenvalue weighted by Crippen LogP contribution is -2.45. The molecule has 1 fully saturated rings. The summed E-state index contributed by atoms with van der Waals surface area (Å²) < 4.78 is 12.2. The fourth-order valence-electron chi connectivity index (χ4n) is 3.84. The molecule has 36 heavy (non-hydrogen) atoms. The van der Waals surface area contributed by atoms with Gasteiger partial charge in [0.1, 0.15) is 11.5 Å². The third kappa shape index (κ3) is 6.16. The highest BCUT2D eigenvalue weighted by molar-refractivity contribution is 8.00. The minimum absolute atomic E-state index is 0.0526. The Morgan fingerprint density at radius 1 is 1.36 bits per heavy atom. The molecule has 0 saturated carbocycles. The maximum absolute atomic E-state index is 13.2. The Kier molecular flexibility index (Phi) is 7.84. The molecule has 1 unspecified atom stereocenters. The fraction of sp³-hybridized carbons (Fsp3) is 0.458. The number of ether oxygens (including phenoxy) is 1. The van der Waals surface area contributed by atoms with Crippen molar-refractivity contribution in [1.29, 1.82) is 0 Å². The topological polar surface area (TPSA) is 124 Å². The van der Waals surface area contributed by atoms with E-state index < -0.39 is 4.92 Å². The molecule has 0 aliphatic carbocycles. The molecule has 0 spiro atoms. The van der Waals surface area contributed by atoms with Gasteiger partial charge in [-0.15, -0.1) is 11.8 Å². The summed E-state index contributed by atoms with van der Waals surface area (Å²) in [4.78, 5) is 34.3. The number of anilines is 1. The van der Waals surface area contributed by atoms with E-state index in [-0.39, 0.29) is 28.8 Å². The van der Waals surface area contributed by atoms with Crippen molar-refractivity contribution in [2.24, 2.45) is 0 Å². The van der Waals surface area contributed by atoms with Crippen LogP contribution in [-0.4, -0.2) is 51.9 Å². The molecule has 3 heterocycles. The number of thioether (sulfide) groups is 1. The largest absolute Gasteiger partial charge is 0.496 e.